The molecule has 28 heavy (non-hydrogen) atoms. The van der Waals surface area contributed by atoms with Gasteiger partial charge in [0.2, 0.25) is 0 Å². The van der Waals surface area contributed by atoms with Crippen molar-refractivity contribution in [1.82, 2.24) is 9.97 Å². The lowest BCUT2D eigenvalue weighted by Crippen LogP contribution is -2.00. The van der Waals surface area contributed by atoms with Crippen molar-refractivity contribution in [2.75, 3.05) is 5.73 Å². The first-order chi connectivity index (χ1) is 13.3. The molecule has 2 N–H and O–H groups in total. The zero-order chi connectivity index (χ0) is 20.2. The maximum absolute atomic E-state index is 15.6. The molecule has 0 aliphatic heterocycles. The van der Waals surface area contributed by atoms with Gasteiger partial charge in [0.1, 0.15) is 28.7 Å². The summed E-state index contributed by atoms with van der Waals surface area (Å²) in [7, 11) is 0. The molecule has 140 valence electrons. The van der Waals surface area contributed by atoms with Crippen LogP contribution in [0.1, 0.15) is 31.0 Å². The smallest absolute Gasteiger partial charge is 0.158 e. The number of benzene rings is 2. The van der Waals surface area contributed by atoms with Crippen molar-refractivity contribution < 1.29 is 8.78 Å². The third kappa shape index (κ3) is 2.60. The normalized spacial score (nSPS) is 11.5. The zero-order valence-electron chi connectivity index (χ0n) is 14.8. The summed E-state index contributed by atoms with van der Waals surface area (Å²) in [6.45, 7) is 3.89. The molecule has 8 heteroatoms. The van der Waals surface area contributed by atoms with E-state index in [9.17, 15) is 9.65 Å². The number of rotatable bonds is 2. The average Bonchev–Trinajstić information content (AvgIpc) is 3.00. The lowest BCUT2D eigenvalue weighted by Gasteiger charge is -2.14. The zero-order valence-corrected chi connectivity index (χ0v) is 16.4. The van der Waals surface area contributed by atoms with Gasteiger partial charge in [0.15, 0.2) is 5.82 Å². The van der Waals surface area contributed by atoms with E-state index < -0.39 is 11.6 Å². The van der Waals surface area contributed by atoms with Crippen LogP contribution in [0.5, 0.6) is 0 Å². The van der Waals surface area contributed by atoms with Crippen LogP contribution >= 0.6 is 22.9 Å². The first-order valence-corrected chi connectivity index (χ1v) is 9.58. The highest BCUT2D eigenvalue weighted by Crippen LogP contribution is 2.44. The molecule has 0 aliphatic rings. The molecule has 0 atom stereocenters. The second-order valence-corrected chi connectivity index (χ2v) is 8.07. The van der Waals surface area contributed by atoms with Crippen LogP contribution in [0.25, 0.3) is 32.1 Å². The highest BCUT2D eigenvalue weighted by Gasteiger charge is 2.24. The predicted octanol–water partition coefficient (Wildman–Crippen LogP) is 6.02. The summed E-state index contributed by atoms with van der Waals surface area (Å²) in [5.41, 5.74) is 7.15. The van der Waals surface area contributed by atoms with Crippen molar-refractivity contribution in [2.45, 2.75) is 19.8 Å². The summed E-state index contributed by atoms with van der Waals surface area (Å²) >= 11 is 7.41. The molecule has 0 saturated carbocycles. The van der Waals surface area contributed by atoms with Crippen LogP contribution in [0.4, 0.5) is 13.8 Å². The molecule has 0 fully saturated rings. The van der Waals surface area contributed by atoms with Crippen molar-refractivity contribution in [2.24, 2.45) is 0 Å². The Balaban J connectivity index is 2.15. The highest BCUT2D eigenvalue weighted by atomic mass is 35.5. The van der Waals surface area contributed by atoms with Crippen molar-refractivity contribution in [3.8, 4) is 17.2 Å². The molecule has 0 radical (unpaired) electrons. The molecule has 2 aromatic heterocycles. The lowest BCUT2D eigenvalue weighted by molar-refractivity contribution is 0.637. The molecule has 4 nitrogen and oxygen atoms in total. The molecule has 4 aromatic rings. The van der Waals surface area contributed by atoms with Gasteiger partial charge in [0, 0.05) is 16.3 Å². The minimum absolute atomic E-state index is 0.0474. The number of thiophene rings is 1. The molecule has 0 spiro atoms. The standard InChI is InChI=1S/C20H13ClF2N4S/c1-8(2)17-10-5-12(21)15(16(23)18(10)27-7-26-17)9-3-4-13(22)19-14(9)11(6-24)20(25)28-19/h3-5,7-8H,25H2,1-2H3. The third-order valence-electron chi connectivity index (χ3n) is 4.60. The Labute approximate surface area is 168 Å². The Morgan fingerprint density at radius 3 is 2.68 bits per heavy atom. The minimum Gasteiger partial charge on any atom is -0.389 e. The van der Waals surface area contributed by atoms with Crippen molar-refractivity contribution >= 4 is 48.9 Å². The molecular formula is C20H13ClF2N4S. The number of nitrogens with two attached hydrogens (primary N) is 1. The lowest BCUT2D eigenvalue weighted by atomic mass is 9.95. The van der Waals surface area contributed by atoms with E-state index in [1.165, 1.54) is 18.5 Å². The van der Waals surface area contributed by atoms with E-state index in [0.29, 0.717) is 16.6 Å². The molecule has 4 rings (SSSR count). The van der Waals surface area contributed by atoms with Crippen LogP contribution in [0, 0.1) is 23.0 Å². The van der Waals surface area contributed by atoms with Crippen LogP contribution in [0.15, 0.2) is 24.5 Å². The van der Waals surface area contributed by atoms with E-state index in [2.05, 4.69) is 9.97 Å². The minimum atomic E-state index is -0.645. The van der Waals surface area contributed by atoms with Crippen LogP contribution in [-0.4, -0.2) is 9.97 Å². The van der Waals surface area contributed by atoms with Crippen LogP contribution in [0.2, 0.25) is 5.02 Å². The van der Waals surface area contributed by atoms with Crippen molar-refractivity contribution in [3.05, 3.63) is 52.4 Å². The molecule has 2 heterocycles. The largest absolute Gasteiger partial charge is 0.389 e. The van der Waals surface area contributed by atoms with Crippen molar-refractivity contribution in [3.63, 3.8) is 0 Å². The number of hydrogen-bond donors (Lipinski definition) is 1. The van der Waals surface area contributed by atoms with Gasteiger partial charge >= 0.3 is 0 Å². The number of fused-ring (bicyclic) bond motifs is 2. The molecular weight excluding hydrogens is 402 g/mol. The van der Waals surface area contributed by atoms with E-state index in [4.69, 9.17) is 17.3 Å². The monoisotopic (exact) mass is 414 g/mol. The number of halogens is 3. The van der Waals surface area contributed by atoms with Crippen LogP contribution in [0.3, 0.4) is 0 Å². The molecule has 0 amide bonds. The average molecular weight is 415 g/mol. The molecule has 2 aromatic carbocycles. The number of anilines is 1. The van der Waals surface area contributed by atoms with Gasteiger partial charge in [-0.25, -0.2) is 18.7 Å². The van der Waals surface area contributed by atoms with Gasteiger partial charge < -0.3 is 5.73 Å². The fourth-order valence-electron chi connectivity index (χ4n) is 3.36. The van der Waals surface area contributed by atoms with Gasteiger partial charge in [-0.15, -0.1) is 11.3 Å². The summed E-state index contributed by atoms with van der Waals surface area (Å²) in [5, 5.41) is 10.6. The van der Waals surface area contributed by atoms with E-state index >= 15 is 4.39 Å². The Morgan fingerprint density at radius 1 is 1.25 bits per heavy atom. The van der Waals surface area contributed by atoms with Crippen LogP contribution < -0.4 is 5.73 Å². The highest BCUT2D eigenvalue weighted by molar-refractivity contribution is 7.23. The summed E-state index contributed by atoms with van der Waals surface area (Å²) in [6.07, 6.45) is 1.31. The fraction of sp³-hybridized carbons (Fsp3) is 0.150. The Kier molecular flexibility index (Phi) is 4.41. The number of aromatic nitrogens is 2. The first kappa shape index (κ1) is 18.5. The Morgan fingerprint density at radius 2 is 2.00 bits per heavy atom. The van der Waals surface area contributed by atoms with Gasteiger partial charge in [-0.1, -0.05) is 31.5 Å². The Bertz CT molecular complexity index is 1310. The summed E-state index contributed by atoms with van der Waals surface area (Å²) in [6, 6.07) is 6.22. The molecule has 0 unspecified atom stereocenters. The van der Waals surface area contributed by atoms with E-state index in [1.54, 1.807) is 6.07 Å². The summed E-state index contributed by atoms with van der Waals surface area (Å²) in [5.74, 6) is -1.13. The number of nitriles is 1. The van der Waals surface area contributed by atoms with E-state index in [0.717, 1.165) is 11.3 Å². The fourth-order valence-corrected chi connectivity index (χ4v) is 4.61. The van der Waals surface area contributed by atoms with Crippen molar-refractivity contribution in [1.29, 1.82) is 5.26 Å². The van der Waals surface area contributed by atoms with E-state index in [-0.39, 0.29) is 42.7 Å². The summed E-state index contributed by atoms with van der Waals surface area (Å²) in [4.78, 5) is 8.33. The first-order valence-electron chi connectivity index (χ1n) is 8.38. The predicted molar refractivity (Wildman–Crippen MR) is 108 cm³/mol. The van der Waals surface area contributed by atoms with Gasteiger partial charge in [-0.3, -0.25) is 0 Å². The van der Waals surface area contributed by atoms with Gasteiger partial charge in [-0.2, -0.15) is 5.26 Å². The second kappa shape index (κ2) is 6.66. The van der Waals surface area contributed by atoms with Gasteiger partial charge in [-0.05, 0) is 23.6 Å². The third-order valence-corrected chi connectivity index (χ3v) is 5.92. The van der Waals surface area contributed by atoms with E-state index in [1.807, 2.05) is 19.9 Å². The number of hydrogen-bond acceptors (Lipinski definition) is 5. The molecule has 0 saturated heterocycles. The summed E-state index contributed by atoms with van der Waals surface area (Å²) < 4.78 is 30.0. The SMILES string of the molecule is CC(C)c1ncnc2c(F)c(-c3ccc(F)c4sc(N)c(C#N)c34)c(Cl)cc12. The number of nitrogen functional groups attached to an aromatic ring is 1. The second-order valence-electron chi connectivity index (χ2n) is 6.61. The quantitative estimate of drug-likeness (QED) is 0.435. The van der Waals surface area contributed by atoms with Gasteiger partial charge in [0.25, 0.3) is 0 Å². The Hall–Kier alpha value is -2.82. The molecule has 0 bridgehead atoms. The maximum atomic E-state index is 15.6. The topological polar surface area (TPSA) is 75.6 Å². The molecule has 0 aliphatic carbocycles. The van der Waals surface area contributed by atoms with Gasteiger partial charge in [0.05, 0.1) is 21.0 Å². The van der Waals surface area contributed by atoms with Crippen LogP contribution in [-0.2, 0) is 0 Å². The maximum Gasteiger partial charge on any atom is 0.158 e. The number of nitrogens with zero attached hydrogens (tertiary/aromatic N) is 3.